The van der Waals surface area contributed by atoms with Crippen molar-refractivity contribution in [3.63, 3.8) is 0 Å². The van der Waals surface area contributed by atoms with E-state index in [-0.39, 0.29) is 0 Å². The molecule has 0 saturated carbocycles. The fourth-order valence-corrected chi connectivity index (χ4v) is 1.89. The van der Waals surface area contributed by atoms with Crippen molar-refractivity contribution in [2.24, 2.45) is 5.41 Å². The highest BCUT2D eigenvalue weighted by Crippen LogP contribution is 2.21. The van der Waals surface area contributed by atoms with Crippen LogP contribution in [0.5, 0.6) is 0 Å². The molecule has 5 heteroatoms. The average Bonchev–Trinajstić information content (AvgIpc) is 2.51. The molecule has 0 atom stereocenters. The van der Waals surface area contributed by atoms with Gasteiger partial charge in [-0.2, -0.15) is 5.10 Å². The first kappa shape index (κ1) is 15.7. The predicted molar refractivity (Wildman–Crippen MR) is 75.1 cm³/mol. The Labute approximate surface area is 115 Å². The molecule has 0 fully saturated rings. The third-order valence-electron chi connectivity index (χ3n) is 3.34. The Bertz CT molecular complexity index is 462. The molecule has 0 aromatic carbocycles. The summed E-state index contributed by atoms with van der Waals surface area (Å²) < 4.78 is 1.81. The van der Waals surface area contributed by atoms with Crippen LogP contribution in [0.2, 0.25) is 0 Å². The summed E-state index contributed by atoms with van der Waals surface area (Å²) in [5.74, 6) is -0.804. The van der Waals surface area contributed by atoms with E-state index in [2.05, 4.69) is 24.3 Å². The standard InChI is InChI=1S/C14H25N3O2/c1-9(2)15-7-12-10(3)16-17(11(12)4)8-14(5,6)13(18)19/h9,15H,7-8H2,1-6H3,(H,18,19). The molecule has 0 saturated heterocycles. The average molecular weight is 267 g/mol. The van der Waals surface area contributed by atoms with Crippen LogP contribution in [-0.4, -0.2) is 26.9 Å². The molecule has 0 bridgehead atoms. The van der Waals surface area contributed by atoms with E-state index in [0.29, 0.717) is 12.6 Å². The van der Waals surface area contributed by atoms with E-state index in [1.807, 2.05) is 13.8 Å². The molecule has 2 N–H and O–H groups in total. The zero-order valence-corrected chi connectivity index (χ0v) is 12.7. The number of hydrogen-bond acceptors (Lipinski definition) is 3. The number of carboxylic acid groups (broad SMARTS) is 1. The second-order valence-corrected chi connectivity index (χ2v) is 6.03. The van der Waals surface area contributed by atoms with Gasteiger partial charge in [0.15, 0.2) is 0 Å². The van der Waals surface area contributed by atoms with Crippen molar-refractivity contribution in [1.29, 1.82) is 0 Å². The van der Waals surface area contributed by atoms with Gasteiger partial charge in [0.05, 0.1) is 17.7 Å². The maximum atomic E-state index is 11.2. The minimum Gasteiger partial charge on any atom is -0.481 e. The minimum absolute atomic E-state index is 0.386. The summed E-state index contributed by atoms with van der Waals surface area (Å²) in [6.07, 6.45) is 0. The van der Waals surface area contributed by atoms with Gasteiger partial charge in [-0.1, -0.05) is 13.8 Å². The molecule has 0 aliphatic heterocycles. The van der Waals surface area contributed by atoms with Crippen LogP contribution in [0.25, 0.3) is 0 Å². The van der Waals surface area contributed by atoms with Crippen LogP contribution in [0.15, 0.2) is 0 Å². The number of nitrogens with zero attached hydrogens (tertiary/aromatic N) is 2. The first-order chi connectivity index (χ1) is 8.65. The van der Waals surface area contributed by atoms with Crippen LogP contribution in [0, 0.1) is 19.3 Å². The van der Waals surface area contributed by atoms with Gasteiger partial charge < -0.3 is 10.4 Å². The van der Waals surface area contributed by atoms with Crippen molar-refractivity contribution in [3.05, 3.63) is 17.0 Å². The topological polar surface area (TPSA) is 67.2 Å². The Hall–Kier alpha value is -1.36. The lowest BCUT2D eigenvalue weighted by molar-refractivity contribution is -0.147. The van der Waals surface area contributed by atoms with Crippen LogP contribution in [-0.2, 0) is 17.9 Å². The normalized spacial score (nSPS) is 12.2. The van der Waals surface area contributed by atoms with Crippen molar-refractivity contribution >= 4 is 5.97 Å². The molecular formula is C14H25N3O2. The summed E-state index contributed by atoms with van der Waals surface area (Å²) in [7, 11) is 0. The molecule has 0 radical (unpaired) electrons. The summed E-state index contributed by atoms with van der Waals surface area (Å²) in [6, 6.07) is 0.414. The summed E-state index contributed by atoms with van der Waals surface area (Å²) >= 11 is 0. The number of aryl methyl sites for hydroxylation is 1. The molecule has 108 valence electrons. The first-order valence-electron chi connectivity index (χ1n) is 6.65. The highest BCUT2D eigenvalue weighted by Gasteiger charge is 2.29. The molecule has 0 unspecified atom stereocenters. The quantitative estimate of drug-likeness (QED) is 0.828. The molecule has 5 nitrogen and oxygen atoms in total. The van der Waals surface area contributed by atoms with Crippen LogP contribution in [0.3, 0.4) is 0 Å². The lowest BCUT2D eigenvalue weighted by Gasteiger charge is -2.20. The number of nitrogens with one attached hydrogen (secondary N) is 1. The summed E-state index contributed by atoms with van der Waals surface area (Å²) in [5.41, 5.74) is 2.35. The molecule has 0 aliphatic rings. The fraction of sp³-hybridized carbons (Fsp3) is 0.714. The summed E-state index contributed by atoms with van der Waals surface area (Å²) in [4.78, 5) is 11.2. The maximum absolute atomic E-state index is 11.2. The number of aliphatic carboxylic acids is 1. The number of carboxylic acids is 1. The highest BCUT2D eigenvalue weighted by molar-refractivity contribution is 5.73. The molecule has 1 aromatic heterocycles. The van der Waals surface area contributed by atoms with Gasteiger partial charge >= 0.3 is 5.97 Å². The third-order valence-corrected chi connectivity index (χ3v) is 3.34. The van der Waals surface area contributed by atoms with Gasteiger partial charge in [0.1, 0.15) is 0 Å². The van der Waals surface area contributed by atoms with Crippen molar-refractivity contribution in [3.8, 4) is 0 Å². The van der Waals surface area contributed by atoms with Gasteiger partial charge in [-0.25, -0.2) is 0 Å². The molecule has 0 aliphatic carbocycles. The van der Waals surface area contributed by atoms with E-state index in [1.54, 1.807) is 18.5 Å². The molecule has 0 spiro atoms. The van der Waals surface area contributed by atoms with Crippen molar-refractivity contribution in [2.45, 2.75) is 60.7 Å². The van der Waals surface area contributed by atoms with Gasteiger partial charge in [-0.3, -0.25) is 9.48 Å². The third kappa shape index (κ3) is 3.80. The molecule has 0 amide bonds. The zero-order chi connectivity index (χ0) is 14.8. The van der Waals surface area contributed by atoms with E-state index >= 15 is 0 Å². The lowest BCUT2D eigenvalue weighted by atomic mass is 9.94. The van der Waals surface area contributed by atoms with Gasteiger partial charge in [-0.05, 0) is 27.7 Å². The Balaban J connectivity index is 2.93. The summed E-state index contributed by atoms with van der Waals surface area (Å²) in [5, 5.41) is 17.0. The van der Waals surface area contributed by atoms with Crippen LogP contribution < -0.4 is 5.32 Å². The van der Waals surface area contributed by atoms with Crippen molar-refractivity contribution in [2.75, 3.05) is 0 Å². The van der Waals surface area contributed by atoms with Gasteiger partial charge in [0.2, 0.25) is 0 Å². The maximum Gasteiger partial charge on any atom is 0.310 e. The number of aromatic nitrogens is 2. The Morgan fingerprint density at radius 1 is 1.42 bits per heavy atom. The van der Waals surface area contributed by atoms with Gasteiger partial charge in [0, 0.05) is 23.8 Å². The molecule has 1 aromatic rings. The van der Waals surface area contributed by atoms with E-state index in [9.17, 15) is 9.90 Å². The second-order valence-electron chi connectivity index (χ2n) is 6.03. The fourth-order valence-electron chi connectivity index (χ4n) is 1.89. The largest absolute Gasteiger partial charge is 0.481 e. The number of hydrogen-bond donors (Lipinski definition) is 2. The Morgan fingerprint density at radius 3 is 2.47 bits per heavy atom. The van der Waals surface area contributed by atoms with Crippen LogP contribution in [0.1, 0.15) is 44.6 Å². The summed E-state index contributed by atoms with van der Waals surface area (Å²) in [6.45, 7) is 12.8. The molecule has 1 heterocycles. The van der Waals surface area contributed by atoms with Gasteiger partial charge in [-0.15, -0.1) is 0 Å². The second kappa shape index (κ2) is 5.74. The highest BCUT2D eigenvalue weighted by atomic mass is 16.4. The first-order valence-corrected chi connectivity index (χ1v) is 6.65. The molecular weight excluding hydrogens is 242 g/mol. The predicted octanol–water partition coefficient (Wildman–Crippen LogP) is 2.11. The smallest absolute Gasteiger partial charge is 0.310 e. The molecule has 1 rings (SSSR count). The molecule has 19 heavy (non-hydrogen) atoms. The van der Waals surface area contributed by atoms with Crippen molar-refractivity contribution in [1.82, 2.24) is 15.1 Å². The van der Waals surface area contributed by atoms with Crippen LogP contribution >= 0.6 is 0 Å². The van der Waals surface area contributed by atoms with E-state index in [0.717, 1.165) is 23.5 Å². The van der Waals surface area contributed by atoms with E-state index in [1.165, 1.54) is 0 Å². The zero-order valence-electron chi connectivity index (χ0n) is 12.7. The van der Waals surface area contributed by atoms with E-state index in [4.69, 9.17) is 0 Å². The monoisotopic (exact) mass is 267 g/mol. The minimum atomic E-state index is -0.814. The Morgan fingerprint density at radius 2 is 2.00 bits per heavy atom. The van der Waals surface area contributed by atoms with Crippen LogP contribution in [0.4, 0.5) is 0 Å². The lowest BCUT2D eigenvalue weighted by Crippen LogP contribution is -2.30. The van der Waals surface area contributed by atoms with E-state index < -0.39 is 11.4 Å². The number of carbonyl (C=O) groups is 1. The van der Waals surface area contributed by atoms with Gasteiger partial charge in [0.25, 0.3) is 0 Å². The SMILES string of the molecule is Cc1nn(CC(C)(C)C(=O)O)c(C)c1CNC(C)C. The number of rotatable bonds is 6. The van der Waals surface area contributed by atoms with Crippen molar-refractivity contribution < 1.29 is 9.90 Å². The Kier molecular flexibility index (Phi) is 4.74.